The highest BCUT2D eigenvalue weighted by atomic mass is 32.2. The SMILES string of the molecule is CCCCCCCCCCCCCCCCCCCCOS(=O)(=O)CCS. The summed E-state index contributed by atoms with van der Waals surface area (Å²) in [6.07, 6.45) is 24.0. The van der Waals surface area contributed by atoms with Crippen LogP contribution in [0.2, 0.25) is 0 Å². The molecule has 0 rings (SSSR count). The third kappa shape index (κ3) is 22.4. The lowest BCUT2D eigenvalue weighted by Crippen LogP contribution is -2.12. The Morgan fingerprint density at radius 1 is 0.593 bits per heavy atom. The number of hydrogen-bond donors (Lipinski definition) is 1. The van der Waals surface area contributed by atoms with E-state index in [0.717, 1.165) is 12.8 Å². The fourth-order valence-electron chi connectivity index (χ4n) is 3.36. The Kier molecular flexibility index (Phi) is 21.2. The lowest BCUT2D eigenvalue weighted by Gasteiger charge is -2.05. The summed E-state index contributed by atoms with van der Waals surface area (Å²) in [5, 5.41) is 0. The molecule has 0 unspecified atom stereocenters. The Balaban J connectivity index is 3.11. The van der Waals surface area contributed by atoms with E-state index in [0.29, 0.717) is 12.4 Å². The molecule has 0 bridgehead atoms. The Labute approximate surface area is 176 Å². The van der Waals surface area contributed by atoms with Gasteiger partial charge in [-0.1, -0.05) is 116 Å². The van der Waals surface area contributed by atoms with E-state index in [1.54, 1.807) is 0 Å². The Morgan fingerprint density at radius 2 is 0.926 bits per heavy atom. The molecule has 0 spiro atoms. The van der Waals surface area contributed by atoms with Crippen molar-refractivity contribution < 1.29 is 12.6 Å². The summed E-state index contributed by atoms with van der Waals surface area (Å²) in [7, 11) is -3.33. The second kappa shape index (κ2) is 21.0. The van der Waals surface area contributed by atoms with Crippen LogP contribution in [0.25, 0.3) is 0 Å². The molecule has 0 saturated heterocycles. The molecular weight excluding hydrogens is 376 g/mol. The van der Waals surface area contributed by atoms with Crippen molar-refractivity contribution >= 4 is 22.7 Å². The molecule has 5 heteroatoms. The number of rotatable bonds is 22. The third-order valence-electron chi connectivity index (χ3n) is 5.10. The van der Waals surface area contributed by atoms with Crippen LogP contribution < -0.4 is 0 Å². The molecule has 0 aromatic rings. The van der Waals surface area contributed by atoms with Gasteiger partial charge in [0, 0.05) is 5.75 Å². The molecule has 0 radical (unpaired) electrons. The fourth-order valence-corrected chi connectivity index (χ4v) is 4.74. The van der Waals surface area contributed by atoms with Crippen LogP contribution in [-0.4, -0.2) is 26.5 Å². The van der Waals surface area contributed by atoms with Gasteiger partial charge < -0.3 is 0 Å². The summed E-state index contributed by atoms with van der Waals surface area (Å²) in [5.74, 6) is 0.330. The molecule has 0 fully saturated rings. The molecule has 3 nitrogen and oxygen atoms in total. The van der Waals surface area contributed by atoms with Gasteiger partial charge in [-0.15, -0.1) is 0 Å². The van der Waals surface area contributed by atoms with Crippen LogP contribution in [0.5, 0.6) is 0 Å². The number of unbranched alkanes of at least 4 members (excludes halogenated alkanes) is 17. The van der Waals surface area contributed by atoms with Crippen molar-refractivity contribution in [3.63, 3.8) is 0 Å². The van der Waals surface area contributed by atoms with Crippen molar-refractivity contribution in [3.8, 4) is 0 Å². The zero-order valence-corrected chi connectivity index (χ0v) is 19.6. The summed E-state index contributed by atoms with van der Waals surface area (Å²) in [5.41, 5.74) is 0. The van der Waals surface area contributed by atoms with Crippen molar-refractivity contribution in [2.45, 2.75) is 122 Å². The standard InChI is InChI=1S/C22H46O3S2/c1-2-3-4-5-6-7-8-9-10-11-12-13-14-15-16-17-18-19-20-25-27(23,24)22-21-26/h26H,2-22H2,1H3. The van der Waals surface area contributed by atoms with Crippen molar-refractivity contribution in [3.05, 3.63) is 0 Å². The maximum Gasteiger partial charge on any atom is 0.268 e. The number of thiol groups is 1. The maximum absolute atomic E-state index is 11.3. The highest BCUT2D eigenvalue weighted by molar-refractivity contribution is 7.88. The molecule has 27 heavy (non-hydrogen) atoms. The first-order valence-electron chi connectivity index (χ1n) is 11.6. The average Bonchev–Trinajstić information content (AvgIpc) is 2.63. The van der Waals surface area contributed by atoms with Gasteiger partial charge in [0.2, 0.25) is 0 Å². The summed E-state index contributed by atoms with van der Waals surface area (Å²) in [6.45, 7) is 2.61. The molecule has 164 valence electrons. The van der Waals surface area contributed by atoms with Crippen LogP contribution in [-0.2, 0) is 14.3 Å². The topological polar surface area (TPSA) is 43.4 Å². The first kappa shape index (κ1) is 27.3. The summed E-state index contributed by atoms with van der Waals surface area (Å²) >= 11 is 3.92. The molecular formula is C22H46O3S2. The largest absolute Gasteiger partial charge is 0.270 e. The van der Waals surface area contributed by atoms with E-state index in [-0.39, 0.29) is 5.75 Å². The van der Waals surface area contributed by atoms with E-state index in [9.17, 15) is 8.42 Å². The Bertz CT molecular complexity index is 383. The van der Waals surface area contributed by atoms with E-state index in [1.807, 2.05) is 0 Å². The van der Waals surface area contributed by atoms with Gasteiger partial charge >= 0.3 is 0 Å². The highest BCUT2D eigenvalue weighted by Gasteiger charge is 2.08. The highest BCUT2D eigenvalue weighted by Crippen LogP contribution is 2.14. The second-order valence-corrected chi connectivity index (χ2v) is 10.0. The van der Waals surface area contributed by atoms with Crippen LogP contribution in [0.4, 0.5) is 0 Å². The maximum atomic E-state index is 11.3. The third-order valence-corrected chi connectivity index (χ3v) is 6.86. The first-order chi connectivity index (χ1) is 13.1. The summed E-state index contributed by atoms with van der Waals surface area (Å²) in [6, 6.07) is 0. The summed E-state index contributed by atoms with van der Waals surface area (Å²) in [4.78, 5) is 0. The molecule has 0 amide bonds. The van der Waals surface area contributed by atoms with Gasteiger partial charge in [-0.05, 0) is 6.42 Å². The molecule has 0 aromatic carbocycles. The van der Waals surface area contributed by atoms with Crippen molar-refractivity contribution in [2.24, 2.45) is 0 Å². The van der Waals surface area contributed by atoms with E-state index >= 15 is 0 Å². The fraction of sp³-hybridized carbons (Fsp3) is 1.00. The minimum absolute atomic E-state index is 0.00909. The monoisotopic (exact) mass is 422 g/mol. The van der Waals surface area contributed by atoms with E-state index in [2.05, 4.69) is 19.6 Å². The normalized spacial score (nSPS) is 11.9. The Hall–Kier alpha value is 0.260. The van der Waals surface area contributed by atoms with E-state index in [1.165, 1.54) is 103 Å². The molecule has 0 aromatic heterocycles. The van der Waals surface area contributed by atoms with Crippen molar-refractivity contribution in [1.82, 2.24) is 0 Å². The second-order valence-electron chi connectivity index (χ2n) is 7.82. The molecule has 0 aliphatic rings. The molecule has 0 aliphatic heterocycles. The van der Waals surface area contributed by atoms with Crippen molar-refractivity contribution in [1.29, 1.82) is 0 Å². The predicted molar refractivity (Wildman–Crippen MR) is 122 cm³/mol. The van der Waals surface area contributed by atoms with E-state index in [4.69, 9.17) is 4.18 Å². The lowest BCUT2D eigenvalue weighted by atomic mass is 10.0. The van der Waals surface area contributed by atoms with Gasteiger partial charge in [-0.25, -0.2) is 0 Å². The molecule has 0 heterocycles. The molecule has 0 N–H and O–H groups in total. The van der Waals surface area contributed by atoms with Crippen LogP contribution >= 0.6 is 12.6 Å². The van der Waals surface area contributed by atoms with E-state index < -0.39 is 10.1 Å². The van der Waals surface area contributed by atoms with Crippen LogP contribution in [0.3, 0.4) is 0 Å². The molecule has 0 saturated carbocycles. The first-order valence-corrected chi connectivity index (χ1v) is 13.8. The number of hydrogen-bond acceptors (Lipinski definition) is 4. The average molecular weight is 423 g/mol. The minimum atomic E-state index is -3.33. The van der Waals surface area contributed by atoms with Gasteiger partial charge in [0.1, 0.15) is 0 Å². The Morgan fingerprint density at radius 3 is 1.26 bits per heavy atom. The van der Waals surface area contributed by atoms with Crippen LogP contribution in [0.15, 0.2) is 0 Å². The van der Waals surface area contributed by atoms with Crippen LogP contribution in [0, 0.1) is 0 Å². The quantitative estimate of drug-likeness (QED) is 0.113. The molecule has 0 atom stereocenters. The summed E-state index contributed by atoms with van der Waals surface area (Å²) < 4.78 is 27.6. The van der Waals surface area contributed by atoms with Gasteiger partial charge in [0.15, 0.2) is 0 Å². The van der Waals surface area contributed by atoms with Gasteiger partial charge in [0.05, 0.1) is 12.4 Å². The van der Waals surface area contributed by atoms with Crippen molar-refractivity contribution in [2.75, 3.05) is 18.1 Å². The minimum Gasteiger partial charge on any atom is -0.270 e. The smallest absolute Gasteiger partial charge is 0.268 e. The zero-order valence-electron chi connectivity index (χ0n) is 17.9. The van der Waals surface area contributed by atoms with Gasteiger partial charge in [0.25, 0.3) is 10.1 Å². The van der Waals surface area contributed by atoms with Gasteiger partial charge in [-0.2, -0.15) is 21.0 Å². The zero-order chi connectivity index (χ0) is 20.1. The predicted octanol–water partition coefficient (Wildman–Crippen LogP) is 7.30. The van der Waals surface area contributed by atoms with Gasteiger partial charge in [-0.3, -0.25) is 4.18 Å². The lowest BCUT2D eigenvalue weighted by molar-refractivity contribution is 0.307. The van der Waals surface area contributed by atoms with Crippen LogP contribution in [0.1, 0.15) is 122 Å². The molecule has 0 aliphatic carbocycles.